The van der Waals surface area contributed by atoms with Crippen molar-refractivity contribution in [1.29, 1.82) is 0 Å². The third-order valence-electron chi connectivity index (χ3n) is 5.68. The summed E-state index contributed by atoms with van der Waals surface area (Å²) in [7, 11) is 6.44. The number of methoxy groups -OCH3 is 4. The molecule has 7 heteroatoms. The van der Waals surface area contributed by atoms with Crippen LogP contribution in [0.15, 0.2) is 41.4 Å². The van der Waals surface area contributed by atoms with Gasteiger partial charge in [-0.25, -0.2) is 0 Å². The Morgan fingerprint density at radius 2 is 1.53 bits per heavy atom. The molecule has 0 unspecified atom stereocenters. The predicted octanol–water partition coefficient (Wildman–Crippen LogP) is 3.79. The molecule has 3 rings (SSSR count). The molecule has 0 radical (unpaired) electrons. The number of amides is 1. The Bertz CT molecular complexity index is 973. The van der Waals surface area contributed by atoms with Gasteiger partial charge in [-0.05, 0) is 41.8 Å². The molecule has 1 N–H and O–H groups in total. The average Bonchev–Trinajstić information content (AvgIpc) is 2.81. The maximum absolute atomic E-state index is 12.8. The van der Waals surface area contributed by atoms with E-state index in [2.05, 4.69) is 12.2 Å². The molecule has 7 nitrogen and oxygen atoms in total. The molecule has 0 fully saturated rings. The second-order valence-electron chi connectivity index (χ2n) is 7.67. The first kappa shape index (κ1) is 23.4. The van der Waals surface area contributed by atoms with E-state index in [1.54, 1.807) is 28.4 Å². The summed E-state index contributed by atoms with van der Waals surface area (Å²) in [4.78, 5) is 17.5. The van der Waals surface area contributed by atoms with Crippen molar-refractivity contribution in [3.05, 3.63) is 47.5 Å². The number of carbonyl (C=O) groups is 1. The number of ether oxygens (including phenoxy) is 4. The predicted molar refractivity (Wildman–Crippen MR) is 125 cm³/mol. The average molecular weight is 441 g/mol. The highest BCUT2D eigenvalue weighted by Crippen LogP contribution is 2.39. The summed E-state index contributed by atoms with van der Waals surface area (Å²) in [5.41, 5.74) is 2.96. The van der Waals surface area contributed by atoms with Gasteiger partial charge in [0.2, 0.25) is 5.91 Å². The van der Waals surface area contributed by atoms with Crippen LogP contribution in [-0.4, -0.2) is 52.6 Å². The number of rotatable bonds is 11. The highest BCUT2D eigenvalue weighted by molar-refractivity contribution is 6.05. The van der Waals surface area contributed by atoms with Crippen LogP contribution in [0.2, 0.25) is 0 Å². The molecule has 0 saturated heterocycles. The van der Waals surface area contributed by atoms with E-state index < -0.39 is 6.04 Å². The fourth-order valence-electron chi connectivity index (χ4n) is 3.91. The van der Waals surface area contributed by atoms with Gasteiger partial charge in [-0.15, -0.1) is 0 Å². The van der Waals surface area contributed by atoms with Crippen molar-refractivity contribution in [1.82, 2.24) is 5.32 Å². The van der Waals surface area contributed by atoms with Gasteiger partial charge in [-0.3, -0.25) is 9.79 Å². The van der Waals surface area contributed by atoms with Crippen LogP contribution < -0.4 is 24.3 Å². The van der Waals surface area contributed by atoms with E-state index >= 15 is 0 Å². The van der Waals surface area contributed by atoms with E-state index in [4.69, 9.17) is 23.9 Å². The molecule has 1 amide bonds. The van der Waals surface area contributed by atoms with E-state index in [0.717, 1.165) is 29.7 Å². The van der Waals surface area contributed by atoms with Gasteiger partial charge in [0.15, 0.2) is 23.0 Å². The highest BCUT2D eigenvalue weighted by Gasteiger charge is 2.40. The summed E-state index contributed by atoms with van der Waals surface area (Å²) in [6, 6.07) is 11.1. The van der Waals surface area contributed by atoms with Crippen LogP contribution in [0.4, 0.5) is 0 Å². The zero-order valence-electron chi connectivity index (χ0n) is 19.4. The molecular formula is C25H32N2O5. The first-order valence-electron chi connectivity index (χ1n) is 10.8. The molecule has 2 aromatic carbocycles. The van der Waals surface area contributed by atoms with Gasteiger partial charge in [0.25, 0.3) is 0 Å². The van der Waals surface area contributed by atoms with Crippen LogP contribution in [0.5, 0.6) is 23.0 Å². The maximum atomic E-state index is 12.8. The fourth-order valence-corrected chi connectivity index (χ4v) is 3.91. The molecule has 1 aliphatic heterocycles. The second-order valence-corrected chi connectivity index (χ2v) is 7.67. The van der Waals surface area contributed by atoms with Gasteiger partial charge in [0, 0.05) is 18.7 Å². The molecule has 0 saturated carbocycles. The molecule has 32 heavy (non-hydrogen) atoms. The van der Waals surface area contributed by atoms with E-state index in [0.29, 0.717) is 36.0 Å². The minimum atomic E-state index is -0.458. The van der Waals surface area contributed by atoms with E-state index in [1.165, 1.54) is 0 Å². The Kier molecular flexibility index (Phi) is 7.98. The van der Waals surface area contributed by atoms with E-state index in [9.17, 15) is 4.79 Å². The van der Waals surface area contributed by atoms with Crippen molar-refractivity contribution < 1.29 is 23.7 Å². The van der Waals surface area contributed by atoms with Gasteiger partial charge < -0.3 is 24.3 Å². The Labute approximate surface area is 189 Å². The zero-order chi connectivity index (χ0) is 23.1. The third kappa shape index (κ3) is 4.98. The summed E-state index contributed by atoms with van der Waals surface area (Å²) < 4.78 is 21.6. The van der Waals surface area contributed by atoms with Crippen LogP contribution in [-0.2, 0) is 11.2 Å². The van der Waals surface area contributed by atoms with Gasteiger partial charge in [-0.2, -0.15) is 0 Å². The molecule has 0 aromatic heterocycles. The van der Waals surface area contributed by atoms with Gasteiger partial charge in [0.1, 0.15) is 6.04 Å². The van der Waals surface area contributed by atoms with E-state index in [-0.39, 0.29) is 11.8 Å². The highest BCUT2D eigenvalue weighted by atomic mass is 16.5. The standard InChI is InChI=1S/C25H32N2O5/c1-6-7-12-26-25(28)24-23(17-9-11-20(30-3)22(15-17)32-5)18(27-24)13-16-8-10-19(29-2)21(14-16)31-4/h8-11,14-15,23-24H,6-7,12-13H2,1-5H3,(H,26,28)/t23-,24-/m1/s1. The largest absolute Gasteiger partial charge is 0.493 e. The normalized spacial score (nSPS) is 17.1. The molecule has 0 spiro atoms. The third-order valence-corrected chi connectivity index (χ3v) is 5.68. The summed E-state index contributed by atoms with van der Waals surface area (Å²) in [5, 5.41) is 3.02. The number of benzene rings is 2. The Hall–Kier alpha value is -3.22. The summed E-state index contributed by atoms with van der Waals surface area (Å²) >= 11 is 0. The summed E-state index contributed by atoms with van der Waals surface area (Å²) in [5.74, 6) is 2.45. The number of aliphatic imine (C=N–C) groups is 1. The van der Waals surface area contributed by atoms with Gasteiger partial charge in [0.05, 0.1) is 34.4 Å². The monoisotopic (exact) mass is 440 g/mol. The lowest BCUT2D eigenvalue weighted by molar-refractivity contribution is -0.122. The van der Waals surface area contributed by atoms with Crippen molar-refractivity contribution in [3.8, 4) is 23.0 Å². The quantitative estimate of drug-likeness (QED) is 0.538. The van der Waals surface area contributed by atoms with Crippen molar-refractivity contribution in [3.63, 3.8) is 0 Å². The smallest absolute Gasteiger partial charge is 0.245 e. The molecule has 172 valence electrons. The van der Waals surface area contributed by atoms with Crippen LogP contribution >= 0.6 is 0 Å². The lowest BCUT2D eigenvalue weighted by Crippen LogP contribution is -2.47. The van der Waals surface area contributed by atoms with Crippen molar-refractivity contribution in [2.75, 3.05) is 35.0 Å². The first-order valence-corrected chi connectivity index (χ1v) is 10.8. The van der Waals surface area contributed by atoms with Crippen molar-refractivity contribution >= 4 is 11.6 Å². The molecular weight excluding hydrogens is 408 g/mol. The number of carbonyl (C=O) groups excluding carboxylic acids is 1. The summed E-state index contributed by atoms with van der Waals surface area (Å²) in [6.45, 7) is 2.76. The lowest BCUT2D eigenvalue weighted by Gasteiger charge is -2.35. The number of nitrogens with one attached hydrogen (secondary N) is 1. The first-order chi connectivity index (χ1) is 15.6. The van der Waals surface area contributed by atoms with E-state index in [1.807, 2.05) is 36.4 Å². The number of hydrogen-bond acceptors (Lipinski definition) is 6. The number of unbranched alkanes of at least 4 members (excludes halogenated alkanes) is 1. The van der Waals surface area contributed by atoms with Crippen LogP contribution in [0.3, 0.4) is 0 Å². The Morgan fingerprint density at radius 3 is 2.16 bits per heavy atom. The molecule has 0 bridgehead atoms. The van der Waals surface area contributed by atoms with Crippen LogP contribution in [0.1, 0.15) is 36.8 Å². The molecule has 2 aromatic rings. The topological polar surface area (TPSA) is 78.4 Å². The van der Waals surface area contributed by atoms with Crippen LogP contribution in [0, 0.1) is 0 Å². The van der Waals surface area contributed by atoms with Gasteiger partial charge in [-0.1, -0.05) is 25.5 Å². The van der Waals surface area contributed by atoms with Crippen molar-refractivity contribution in [2.24, 2.45) is 4.99 Å². The minimum absolute atomic E-state index is 0.0469. The number of hydrogen-bond donors (Lipinski definition) is 1. The summed E-state index contributed by atoms with van der Waals surface area (Å²) in [6.07, 6.45) is 2.58. The molecule has 2 atom stereocenters. The Balaban J connectivity index is 1.89. The van der Waals surface area contributed by atoms with Crippen molar-refractivity contribution in [2.45, 2.75) is 38.1 Å². The zero-order valence-corrected chi connectivity index (χ0v) is 19.4. The SMILES string of the molecule is CCCCNC(=O)[C@@H]1N=C(Cc2ccc(OC)c(OC)c2)[C@H]1c1ccc(OC)c(OC)c1. The molecule has 1 heterocycles. The Morgan fingerprint density at radius 1 is 0.906 bits per heavy atom. The lowest BCUT2D eigenvalue weighted by atomic mass is 9.79. The minimum Gasteiger partial charge on any atom is -0.493 e. The fraction of sp³-hybridized carbons (Fsp3) is 0.440. The molecule has 1 aliphatic rings. The maximum Gasteiger partial charge on any atom is 0.245 e. The molecule has 0 aliphatic carbocycles. The van der Waals surface area contributed by atoms with Gasteiger partial charge >= 0.3 is 0 Å². The van der Waals surface area contributed by atoms with Crippen LogP contribution in [0.25, 0.3) is 0 Å². The second kappa shape index (κ2) is 10.9. The number of nitrogens with zero attached hydrogens (tertiary/aromatic N) is 1.